The minimum Gasteiger partial charge on any atom is -0.507 e. The van der Waals surface area contributed by atoms with E-state index in [4.69, 9.17) is 0 Å². The average Bonchev–Trinajstić information content (AvgIpc) is 2.46. The molecule has 0 aliphatic rings. The fourth-order valence-electron chi connectivity index (χ4n) is 1.54. The Morgan fingerprint density at radius 2 is 2.05 bits per heavy atom. The molecule has 0 saturated carbocycles. The maximum Gasteiger partial charge on any atom is 0.272 e. The monoisotopic (exact) mass is 255 g/mol. The minimum atomic E-state index is -0.345. The van der Waals surface area contributed by atoms with Gasteiger partial charge in [0.1, 0.15) is 5.75 Å². The Bertz CT molecular complexity index is 609. The molecule has 5 heteroatoms. The Morgan fingerprint density at radius 1 is 1.26 bits per heavy atom. The van der Waals surface area contributed by atoms with Gasteiger partial charge in [-0.2, -0.15) is 5.10 Å². The predicted molar refractivity (Wildman–Crippen MR) is 72.0 cm³/mol. The summed E-state index contributed by atoms with van der Waals surface area (Å²) in [7, 11) is 0. The normalized spacial score (nSPS) is 11.1. The van der Waals surface area contributed by atoms with Crippen LogP contribution in [0.1, 0.15) is 22.8 Å². The molecule has 0 saturated heterocycles. The molecule has 0 aliphatic heterocycles. The lowest BCUT2D eigenvalue weighted by Gasteiger charge is -2.04. The van der Waals surface area contributed by atoms with Gasteiger partial charge in [-0.3, -0.25) is 9.78 Å². The number of para-hydroxylation sites is 1. The van der Waals surface area contributed by atoms with Crippen molar-refractivity contribution in [3.05, 3.63) is 59.9 Å². The second-order valence-electron chi connectivity index (χ2n) is 3.90. The maximum atomic E-state index is 11.7. The Labute approximate surface area is 110 Å². The first-order chi connectivity index (χ1) is 9.18. The van der Waals surface area contributed by atoms with E-state index in [9.17, 15) is 9.90 Å². The molecule has 1 aromatic carbocycles. The van der Waals surface area contributed by atoms with Gasteiger partial charge in [0.2, 0.25) is 0 Å². The van der Waals surface area contributed by atoms with E-state index < -0.39 is 0 Å². The second-order valence-corrected chi connectivity index (χ2v) is 3.90. The van der Waals surface area contributed by atoms with Crippen molar-refractivity contribution >= 4 is 11.6 Å². The molecule has 1 heterocycles. The minimum absolute atomic E-state index is 0.124. The molecule has 0 fully saturated rings. The molecule has 2 N–H and O–H groups in total. The van der Waals surface area contributed by atoms with Gasteiger partial charge in [0, 0.05) is 18.0 Å². The van der Waals surface area contributed by atoms with Crippen LogP contribution < -0.4 is 5.43 Å². The van der Waals surface area contributed by atoms with Gasteiger partial charge < -0.3 is 5.11 Å². The topological polar surface area (TPSA) is 74.6 Å². The zero-order valence-corrected chi connectivity index (χ0v) is 10.4. The number of phenols is 1. The molecule has 0 aliphatic carbocycles. The SMILES string of the molecule is C/C(=N\NC(=O)c1cccnc1)c1ccccc1O. The number of phenolic OH excluding ortho intramolecular Hbond substituents is 1. The van der Waals surface area contributed by atoms with Crippen molar-refractivity contribution in [3.63, 3.8) is 0 Å². The molecule has 0 atom stereocenters. The molecule has 0 bridgehead atoms. The summed E-state index contributed by atoms with van der Waals surface area (Å²) in [6.07, 6.45) is 3.05. The van der Waals surface area contributed by atoms with E-state index in [1.54, 1.807) is 49.5 Å². The Morgan fingerprint density at radius 3 is 2.74 bits per heavy atom. The Balaban J connectivity index is 2.11. The number of carbonyl (C=O) groups excluding carboxylic acids is 1. The average molecular weight is 255 g/mol. The zero-order valence-electron chi connectivity index (χ0n) is 10.4. The van der Waals surface area contributed by atoms with Gasteiger partial charge in [0.15, 0.2) is 0 Å². The molecule has 1 aromatic heterocycles. The number of pyridine rings is 1. The summed E-state index contributed by atoms with van der Waals surface area (Å²) in [5.74, 6) is -0.220. The van der Waals surface area contributed by atoms with Crippen LogP contribution in [-0.4, -0.2) is 21.7 Å². The van der Waals surface area contributed by atoms with E-state index in [-0.39, 0.29) is 11.7 Å². The van der Waals surface area contributed by atoms with Gasteiger partial charge in [-0.25, -0.2) is 5.43 Å². The van der Waals surface area contributed by atoms with E-state index in [0.717, 1.165) is 0 Å². The molecule has 5 nitrogen and oxygen atoms in total. The lowest BCUT2D eigenvalue weighted by Crippen LogP contribution is -2.19. The van der Waals surface area contributed by atoms with Gasteiger partial charge in [-0.15, -0.1) is 0 Å². The zero-order chi connectivity index (χ0) is 13.7. The van der Waals surface area contributed by atoms with Crippen LogP contribution in [0.25, 0.3) is 0 Å². The van der Waals surface area contributed by atoms with E-state index in [2.05, 4.69) is 15.5 Å². The number of benzene rings is 1. The highest BCUT2D eigenvalue weighted by Gasteiger charge is 2.06. The molecule has 0 radical (unpaired) electrons. The maximum absolute atomic E-state index is 11.7. The van der Waals surface area contributed by atoms with Crippen LogP contribution in [0.3, 0.4) is 0 Å². The molecule has 2 rings (SSSR count). The van der Waals surface area contributed by atoms with Crippen LogP contribution in [0.2, 0.25) is 0 Å². The van der Waals surface area contributed by atoms with Crippen molar-refractivity contribution in [1.82, 2.24) is 10.4 Å². The van der Waals surface area contributed by atoms with Crippen LogP contribution in [-0.2, 0) is 0 Å². The summed E-state index contributed by atoms with van der Waals surface area (Å²) in [4.78, 5) is 15.6. The lowest BCUT2D eigenvalue weighted by atomic mass is 10.1. The van der Waals surface area contributed by atoms with E-state index in [1.165, 1.54) is 6.20 Å². The molecule has 0 spiro atoms. The smallest absolute Gasteiger partial charge is 0.272 e. The van der Waals surface area contributed by atoms with Crippen molar-refractivity contribution in [1.29, 1.82) is 0 Å². The fraction of sp³-hybridized carbons (Fsp3) is 0.0714. The second kappa shape index (κ2) is 5.77. The number of amides is 1. The number of hydrogen-bond donors (Lipinski definition) is 2. The summed E-state index contributed by atoms with van der Waals surface area (Å²) in [5.41, 5.74) is 3.95. The van der Waals surface area contributed by atoms with Crippen LogP contribution in [0.4, 0.5) is 0 Å². The van der Waals surface area contributed by atoms with Crippen molar-refractivity contribution in [2.24, 2.45) is 5.10 Å². The largest absolute Gasteiger partial charge is 0.507 e. The van der Waals surface area contributed by atoms with Gasteiger partial charge in [-0.1, -0.05) is 12.1 Å². The number of aromatic hydroxyl groups is 1. The molecule has 0 unspecified atom stereocenters. The summed E-state index contributed by atoms with van der Waals surface area (Å²) >= 11 is 0. The quantitative estimate of drug-likeness (QED) is 0.650. The standard InChI is InChI=1S/C14H13N3O2/c1-10(12-6-2-3-7-13(12)18)16-17-14(19)11-5-4-8-15-9-11/h2-9,18H,1H3,(H,17,19)/b16-10+. The van der Waals surface area contributed by atoms with E-state index in [1.807, 2.05) is 0 Å². The molecule has 1 amide bonds. The van der Waals surface area contributed by atoms with Gasteiger partial charge in [0.25, 0.3) is 5.91 Å². The van der Waals surface area contributed by atoms with Gasteiger partial charge in [0.05, 0.1) is 11.3 Å². The number of nitrogens with zero attached hydrogens (tertiary/aromatic N) is 2. The van der Waals surface area contributed by atoms with E-state index >= 15 is 0 Å². The lowest BCUT2D eigenvalue weighted by molar-refractivity contribution is 0.0954. The van der Waals surface area contributed by atoms with Gasteiger partial charge in [-0.05, 0) is 31.2 Å². The summed E-state index contributed by atoms with van der Waals surface area (Å²) < 4.78 is 0. The molecule has 96 valence electrons. The highest BCUT2D eigenvalue weighted by atomic mass is 16.3. The van der Waals surface area contributed by atoms with Crippen LogP contribution >= 0.6 is 0 Å². The molecular formula is C14H13N3O2. The highest BCUT2D eigenvalue weighted by Crippen LogP contribution is 2.16. The first-order valence-electron chi connectivity index (χ1n) is 5.71. The number of nitrogens with one attached hydrogen (secondary N) is 1. The summed E-state index contributed by atoms with van der Waals surface area (Å²) in [5, 5.41) is 13.6. The summed E-state index contributed by atoms with van der Waals surface area (Å²) in [6, 6.07) is 10.1. The van der Waals surface area contributed by atoms with Crippen LogP contribution in [0.5, 0.6) is 5.75 Å². The summed E-state index contributed by atoms with van der Waals surface area (Å²) in [6.45, 7) is 1.71. The number of rotatable bonds is 3. The van der Waals surface area contributed by atoms with Crippen LogP contribution in [0.15, 0.2) is 53.9 Å². The Hall–Kier alpha value is -2.69. The van der Waals surface area contributed by atoms with E-state index in [0.29, 0.717) is 16.8 Å². The van der Waals surface area contributed by atoms with Crippen molar-refractivity contribution in [2.45, 2.75) is 6.92 Å². The number of carbonyl (C=O) groups is 1. The van der Waals surface area contributed by atoms with Crippen molar-refractivity contribution in [2.75, 3.05) is 0 Å². The molecular weight excluding hydrogens is 242 g/mol. The predicted octanol–water partition coefficient (Wildman–Crippen LogP) is 1.94. The first kappa shape index (κ1) is 12.8. The highest BCUT2D eigenvalue weighted by molar-refractivity contribution is 6.02. The van der Waals surface area contributed by atoms with Crippen LogP contribution in [0, 0.1) is 0 Å². The fourth-order valence-corrected chi connectivity index (χ4v) is 1.54. The Kier molecular flexibility index (Phi) is 3.87. The van der Waals surface area contributed by atoms with Crippen molar-refractivity contribution < 1.29 is 9.90 Å². The third kappa shape index (κ3) is 3.16. The number of hydrazone groups is 1. The third-order valence-electron chi connectivity index (χ3n) is 2.54. The number of aromatic nitrogens is 1. The molecule has 19 heavy (non-hydrogen) atoms. The number of hydrogen-bond acceptors (Lipinski definition) is 4. The van der Waals surface area contributed by atoms with Gasteiger partial charge >= 0.3 is 0 Å². The molecule has 2 aromatic rings. The first-order valence-corrected chi connectivity index (χ1v) is 5.71. The van der Waals surface area contributed by atoms with Crippen molar-refractivity contribution in [3.8, 4) is 5.75 Å². The third-order valence-corrected chi connectivity index (χ3v) is 2.54.